The van der Waals surface area contributed by atoms with Crippen LogP contribution in [0.3, 0.4) is 0 Å². The summed E-state index contributed by atoms with van der Waals surface area (Å²) in [5, 5.41) is 0. The predicted molar refractivity (Wildman–Crippen MR) is 76.5 cm³/mol. The molecule has 2 unspecified atom stereocenters. The van der Waals surface area contributed by atoms with E-state index < -0.39 is 5.60 Å². The summed E-state index contributed by atoms with van der Waals surface area (Å²) in [5.74, 6) is 0.205. The molecule has 5 nitrogen and oxygen atoms in total. The molecule has 2 fully saturated rings. The molecule has 2 atom stereocenters. The van der Waals surface area contributed by atoms with Crippen LogP contribution in [0.15, 0.2) is 0 Å². The number of hydrogen-bond donors (Lipinski definition) is 0. The smallest absolute Gasteiger partial charge is 0.410 e. The number of likely N-dealkylation sites (tertiary alicyclic amines) is 2. The van der Waals surface area contributed by atoms with Crippen molar-refractivity contribution in [2.24, 2.45) is 11.8 Å². The van der Waals surface area contributed by atoms with E-state index in [2.05, 4.69) is 18.7 Å². The number of ether oxygens (including phenoxy) is 1. The zero-order chi connectivity index (χ0) is 15.1. The first-order valence-corrected chi connectivity index (χ1v) is 7.43. The highest BCUT2D eigenvalue weighted by Crippen LogP contribution is 2.27. The lowest BCUT2D eigenvalue weighted by Gasteiger charge is -2.45. The first-order valence-electron chi connectivity index (χ1n) is 7.43. The number of fused-ring (bicyclic) bond motifs is 2. The molecule has 5 heteroatoms. The summed E-state index contributed by atoms with van der Waals surface area (Å²) < 4.78 is 5.41. The summed E-state index contributed by atoms with van der Waals surface area (Å²) >= 11 is 0. The van der Waals surface area contributed by atoms with Gasteiger partial charge in [0.15, 0.2) is 0 Å². The average Bonchev–Trinajstić information content (AvgIpc) is 2.25. The number of rotatable bonds is 1. The summed E-state index contributed by atoms with van der Waals surface area (Å²) in [4.78, 5) is 28.4. The normalized spacial score (nSPS) is 27.9. The standard InChI is InChI=1S/C15H26N2O3/c1-10(2)16-6-11-8-17(9-12(7-16)13(11)18)14(19)20-15(3,4)5/h10-12H,6-9H2,1-5H3. The van der Waals surface area contributed by atoms with Crippen molar-refractivity contribution in [1.82, 2.24) is 9.80 Å². The molecule has 0 aliphatic carbocycles. The maximum absolute atomic E-state index is 12.2. The van der Waals surface area contributed by atoms with Gasteiger partial charge in [-0.2, -0.15) is 0 Å². The third-order valence-corrected chi connectivity index (χ3v) is 3.98. The molecular formula is C15H26N2O3. The van der Waals surface area contributed by atoms with Gasteiger partial charge < -0.3 is 9.64 Å². The average molecular weight is 282 g/mol. The van der Waals surface area contributed by atoms with Gasteiger partial charge in [0.2, 0.25) is 0 Å². The minimum atomic E-state index is -0.488. The quantitative estimate of drug-likeness (QED) is 0.735. The zero-order valence-electron chi connectivity index (χ0n) is 13.2. The van der Waals surface area contributed by atoms with Gasteiger partial charge >= 0.3 is 6.09 Å². The van der Waals surface area contributed by atoms with Gasteiger partial charge in [-0.15, -0.1) is 0 Å². The summed E-state index contributed by atoms with van der Waals surface area (Å²) in [5.41, 5.74) is -0.488. The summed E-state index contributed by atoms with van der Waals surface area (Å²) in [6.07, 6.45) is -0.294. The van der Waals surface area contributed by atoms with Gasteiger partial charge in [0.05, 0.1) is 0 Å². The van der Waals surface area contributed by atoms with Crippen LogP contribution in [0.1, 0.15) is 34.6 Å². The highest BCUT2D eigenvalue weighted by atomic mass is 16.6. The van der Waals surface area contributed by atoms with Gasteiger partial charge in [-0.25, -0.2) is 4.79 Å². The molecular weight excluding hydrogens is 256 g/mol. The molecule has 0 saturated carbocycles. The molecule has 2 rings (SSSR count). The van der Waals surface area contributed by atoms with Gasteiger partial charge in [0.1, 0.15) is 11.4 Å². The summed E-state index contributed by atoms with van der Waals surface area (Å²) in [7, 11) is 0. The van der Waals surface area contributed by atoms with Gasteiger partial charge in [-0.3, -0.25) is 9.69 Å². The van der Waals surface area contributed by atoms with E-state index in [0.29, 0.717) is 24.9 Å². The van der Waals surface area contributed by atoms with Crippen LogP contribution < -0.4 is 0 Å². The van der Waals surface area contributed by atoms with Crippen molar-refractivity contribution in [1.29, 1.82) is 0 Å². The van der Waals surface area contributed by atoms with Crippen molar-refractivity contribution in [3.05, 3.63) is 0 Å². The number of ketones is 1. The molecule has 2 aliphatic heterocycles. The molecule has 2 heterocycles. The molecule has 114 valence electrons. The first-order chi connectivity index (χ1) is 9.17. The van der Waals surface area contributed by atoms with E-state index in [0.717, 1.165) is 13.1 Å². The van der Waals surface area contributed by atoms with Gasteiger partial charge in [0, 0.05) is 44.1 Å². The zero-order valence-corrected chi connectivity index (χ0v) is 13.2. The summed E-state index contributed by atoms with van der Waals surface area (Å²) in [6, 6.07) is 0.446. The SMILES string of the molecule is CC(C)N1CC2CN(C(=O)OC(C)(C)C)CC(C1)C2=O. The van der Waals surface area contributed by atoms with Crippen LogP contribution in [0.2, 0.25) is 0 Å². The highest BCUT2D eigenvalue weighted by molar-refractivity contribution is 5.87. The molecule has 0 radical (unpaired) electrons. The topological polar surface area (TPSA) is 49.9 Å². The predicted octanol–water partition coefficient (Wildman–Crippen LogP) is 1.76. The molecule has 0 N–H and O–H groups in total. The van der Waals surface area contributed by atoms with Crippen LogP contribution in [0.4, 0.5) is 4.79 Å². The maximum Gasteiger partial charge on any atom is 0.410 e. The lowest BCUT2D eigenvalue weighted by atomic mass is 9.83. The minimum Gasteiger partial charge on any atom is -0.444 e. The Balaban J connectivity index is 2.03. The number of carbonyl (C=O) groups is 2. The Bertz CT molecular complexity index is 382. The molecule has 2 aliphatic rings. The fourth-order valence-electron chi connectivity index (χ4n) is 2.95. The van der Waals surface area contributed by atoms with E-state index >= 15 is 0 Å². The van der Waals surface area contributed by atoms with E-state index in [4.69, 9.17) is 4.74 Å². The van der Waals surface area contributed by atoms with E-state index in [-0.39, 0.29) is 17.9 Å². The molecule has 2 bridgehead atoms. The fraction of sp³-hybridized carbons (Fsp3) is 0.867. The monoisotopic (exact) mass is 282 g/mol. The van der Waals surface area contributed by atoms with Gasteiger partial charge in [-0.05, 0) is 34.6 Å². The Kier molecular flexibility index (Phi) is 4.09. The lowest BCUT2D eigenvalue weighted by molar-refractivity contribution is -0.137. The number of hydrogen-bond acceptors (Lipinski definition) is 4. The van der Waals surface area contributed by atoms with Crippen molar-refractivity contribution in [2.45, 2.75) is 46.3 Å². The fourth-order valence-corrected chi connectivity index (χ4v) is 2.95. The Hall–Kier alpha value is -1.10. The second-order valence-electron chi connectivity index (χ2n) is 7.23. The number of amides is 1. The lowest BCUT2D eigenvalue weighted by Crippen LogP contribution is -2.60. The van der Waals surface area contributed by atoms with E-state index in [1.165, 1.54) is 0 Å². The Morgan fingerprint density at radius 2 is 1.65 bits per heavy atom. The van der Waals surface area contributed by atoms with E-state index in [1.807, 2.05) is 20.8 Å². The van der Waals surface area contributed by atoms with Crippen molar-refractivity contribution in [2.75, 3.05) is 26.2 Å². The van der Waals surface area contributed by atoms with Crippen LogP contribution in [-0.4, -0.2) is 59.5 Å². The maximum atomic E-state index is 12.2. The Morgan fingerprint density at radius 3 is 2.05 bits per heavy atom. The van der Waals surface area contributed by atoms with Crippen molar-refractivity contribution in [3.8, 4) is 0 Å². The Morgan fingerprint density at radius 1 is 1.15 bits per heavy atom. The number of nitrogens with zero attached hydrogens (tertiary/aromatic N) is 2. The van der Waals surface area contributed by atoms with Crippen LogP contribution >= 0.6 is 0 Å². The van der Waals surface area contributed by atoms with Crippen LogP contribution in [-0.2, 0) is 9.53 Å². The second-order valence-corrected chi connectivity index (χ2v) is 7.23. The van der Waals surface area contributed by atoms with Crippen molar-refractivity contribution >= 4 is 11.9 Å². The molecule has 0 aromatic heterocycles. The second kappa shape index (κ2) is 5.35. The van der Waals surface area contributed by atoms with Gasteiger partial charge in [-0.1, -0.05) is 0 Å². The third-order valence-electron chi connectivity index (χ3n) is 3.98. The minimum absolute atomic E-state index is 0.0579. The molecule has 20 heavy (non-hydrogen) atoms. The summed E-state index contributed by atoms with van der Waals surface area (Å²) in [6.45, 7) is 12.4. The number of piperidine rings is 2. The van der Waals surface area contributed by atoms with Crippen LogP contribution in [0.25, 0.3) is 0 Å². The van der Waals surface area contributed by atoms with Crippen LogP contribution in [0, 0.1) is 11.8 Å². The molecule has 1 amide bonds. The molecule has 0 aromatic rings. The van der Waals surface area contributed by atoms with E-state index in [9.17, 15) is 9.59 Å². The Labute approximate surface area is 121 Å². The number of carbonyl (C=O) groups excluding carboxylic acids is 2. The van der Waals surface area contributed by atoms with Crippen molar-refractivity contribution < 1.29 is 14.3 Å². The highest BCUT2D eigenvalue weighted by Gasteiger charge is 2.43. The third kappa shape index (κ3) is 3.32. The van der Waals surface area contributed by atoms with Crippen LogP contribution in [0.5, 0.6) is 0 Å². The first kappa shape index (κ1) is 15.3. The van der Waals surface area contributed by atoms with Crippen molar-refractivity contribution in [3.63, 3.8) is 0 Å². The van der Waals surface area contributed by atoms with E-state index in [1.54, 1.807) is 4.90 Å². The molecule has 2 saturated heterocycles. The number of Topliss-reactive ketones (excluding diaryl/α,β-unsaturated/α-hetero) is 1. The largest absolute Gasteiger partial charge is 0.444 e. The molecule has 0 spiro atoms. The molecule has 0 aromatic carbocycles. The van der Waals surface area contributed by atoms with Gasteiger partial charge in [0.25, 0.3) is 0 Å².